The van der Waals surface area contributed by atoms with Gasteiger partial charge in [-0.25, -0.2) is 0 Å². The highest BCUT2D eigenvalue weighted by molar-refractivity contribution is 6.48. The number of benzene rings is 2. The van der Waals surface area contributed by atoms with Gasteiger partial charge in [-0.15, -0.1) is 0 Å². The number of hydrogen-bond donors (Lipinski definition) is 1. The summed E-state index contributed by atoms with van der Waals surface area (Å²) in [6.45, 7) is 4.23. The Morgan fingerprint density at radius 3 is 2.24 bits per heavy atom. The van der Waals surface area contributed by atoms with Gasteiger partial charge in [-0.2, -0.15) is 0 Å². The molecule has 2 aromatic carbocycles. The van der Waals surface area contributed by atoms with Crippen molar-refractivity contribution in [3.8, 4) is 0 Å². The zero-order valence-corrected chi connectivity index (χ0v) is 14.4. The zero-order valence-electron chi connectivity index (χ0n) is 12.1. The zero-order chi connectivity index (χ0) is 15.4. The first kappa shape index (κ1) is 16.5. The number of nitrogens with one attached hydrogen (secondary N) is 1. The number of rotatable bonds is 5. The van der Waals surface area contributed by atoms with Crippen LogP contribution in [-0.4, -0.2) is 0 Å². The normalized spacial score (nSPS) is 12.2. The Morgan fingerprint density at radius 1 is 0.952 bits per heavy atom. The van der Waals surface area contributed by atoms with Crippen LogP contribution in [0.15, 0.2) is 36.4 Å². The fourth-order valence-corrected chi connectivity index (χ4v) is 2.97. The van der Waals surface area contributed by atoms with Crippen LogP contribution in [-0.2, 0) is 6.42 Å². The van der Waals surface area contributed by atoms with Gasteiger partial charge in [-0.3, -0.25) is 0 Å². The summed E-state index contributed by atoms with van der Waals surface area (Å²) < 4.78 is 0. The molecule has 0 radical (unpaired) electrons. The van der Waals surface area contributed by atoms with E-state index in [1.54, 1.807) is 6.07 Å². The van der Waals surface area contributed by atoms with E-state index in [1.165, 1.54) is 5.56 Å². The standard InChI is InChI=1S/C17H18Cl3N/c1-3-4-12-5-7-13(8-6-12)21-11(2)14-9-10-15(18)17(20)16(14)19/h5-11,21H,3-4H2,1-2H3. The van der Waals surface area contributed by atoms with Gasteiger partial charge in [0, 0.05) is 5.69 Å². The van der Waals surface area contributed by atoms with Crippen molar-refractivity contribution < 1.29 is 0 Å². The lowest BCUT2D eigenvalue weighted by molar-refractivity contribution is 0.883. The van der Waals surface area contributed by atoms with E-state index in [9.17, 15) is 0 Å². The Kier molecular flexibility index (Phi) is 5.80. The number of halogens is 3. The lowest BCUT2D eigenvalue weighted by Gasteiger charge is -2.18. The molecule has 112 valence electrons. The molecule has 0 saturated carbocycles. The fraction of sp³-hybridized carbons (Fsp3) is 0.294. The van der Waals surface area contributed by atoms with Gasteiger partial charge < -0.3 is 5.32 Å². The Hall–Kier alpha value is -0.890. The minimum absolute atomic E-state index is 0.0456. The molecular weight excluding hydrogens is 325 g/mol. The van der Waals surface area contributed by atoms with Crippen LogP contribution in [0.5, 0.6) is 0 Å². The Balaban J connectivity index is 2.14. The lowest BCUT2D eigenvalue weighted by atomic mass is 10.1. The van der Waals surface area contributed by atoms with E-state index in [4.69, 9.17) is 34.8 Å². The second-order valence-corrected chi connectivity index (χ2v) is 6.24. The monoisotopic (exact) mass is 341 g/mol. The van der Waals surface area contributed by atoms with Crippen LogP contribution < -0.4 is 5.32 Å². The summed E-state index contributed by atoms with van der Waals surface area (Å²) in [4.78, 5) is 0. The first-order valence-electron chi connectivity index (χ1n) is 7.01. The summed E-state index contributed by atoms with van der Waals surface area (Å²) in [7, 11) is 0. The SMILES string of the molecule is CCCc1ccc(NC(C)c2ccc(Cl)c(Cl)c2Cl)cc1. The highest BCUT2D eigenvalue weighted by atomic mass is 35.5. The molecule has 0 fully saturated rings. The van der Waals surface area contributed by atoms with Crippen molar-refractivity contribution in [1.29, 1.82) is 0 Å². The largest absolute Gasteiger partial charge is 0.378 e. The molecule has 0 aliphatic rings. The molecule has 0 amide bonds. The number of hydrogen-bond acceptors (Lipinski definition) is 1. The number of aryl methyl sites for hydroxylation is 1. The predicted octanol–water partition coefficient (Wildman–Crippen LogP) is 6.77. The van der Waals surface area contributed by atoms with E-state index in [0.29, 0.717) is 15.1 Å². The third-order valence-corrected chi connectivity index (χ3v) is 4.72. The lowest BCUT2D eigenvalue weighted by Crippen LogP contribution is -2.07. The molecule has 0 heterocycles. The molecular formula is C17H18Cl3N. The summed E-state index contributed by atoms with van der Waals surface area (Å²) in [6, 6.07) is 12.2. The third-order valence-electron chi connectivity index (χ3n) is 3.41. The minimum Gasteiger partial charge on any atom is -0.378 e. The summed E-state index contributed by atoms with van der Waals surface area (Å²) in [5, 5.41) is 4.81. The Bertz CT molecular complexity index is 608. The van der Waals surface area contributed by atoms with Gasteiger partial charge in [-0.1, -0.05) is 66.3 Å². The van der Waals surface area contributed by atoms with Crippen molar-refractivity contribution >= 4 is 40.5 Å². The molecule has 1 unspecified atom stereocenters. The summed E-state index contributed by atoms with van der Waals surface area (Å²) in [5.41, 5.74) is 3.34. The fourth-order valence-electron chi connectivity index (χ4n) is 2.26. The highest BCUT2D eigenvalue weighted by Gasteiger charge is 2.14. The van der Waals surface area contributed by atoms with Crippen molar-refractivity contribution in [1.82, 2.24) is 0 Å². The summed E-state index contributed by atoms with van der Waals surface area (Å²) in [6.07, 6.45) is 2.26. The smallest absolute Gasteiger partial charge is 0.0782 e. The average Bonchev–Trinajstić information content (AvgIpc) is 2.47. The van der Waals surface area contributed by atoms with Gasteiger partial charge in [0.1, 0.15) is 0 Å². The Morgan fingerprint density at radius 2 is 1.62 bits per heavy atom. The van der Waals surface area contributed by atoms with Gasteiger partial charge in [-0.05, 0) is 42.7 Å². The highest BCUT2D eigenvalue weighted by Crippen LogP contribution is 2.36. The topological polar surface area (TPSA) is 12.0 Å². The third kappa shape index (κ3) is 4.06. The molecule has 0 aliphatic heterocycles. The van der Waals surface area contributed by atoms with Gasteiger partial charge in [0.05, 0.1) is 21.1 Å². The second kappa shape index (κ2) is 7.40. The molecule has 0 bridgehead atoms. The summed E-state index contributed by atoms with van der Waals surface area (Å²) in [5.74, 6) is 0. The van der Waals surface area contributed by atoms with Crippen molar-refractivity contribution in [3.05, 3.63) is 62.6 Å². The maximum atomic E-state index is 6.27. The second-order valence-electron chi connectivity index (χ2n) is 5.08. The van der Waals surface area contributed by atoms with Gasteiger partial charge >= 0.3 is 0 Å². The molecule has 1 atom stereocenters. The first-order chi connectivity index (χ1) is 10.0. The van der Waals surface area contributed by atoms with Crippen molar-refractivity contribution in [3.63, 3.8) is 0 Å². The van der Waals surface area contributed by atoms with E-state index < -0.39 is 0 Å². The number of anilines is 1. The summed E-state index contributed by atoms with van der Waals surface area (Å²) >= 11 is 18.3. The van der Waals surface area contributed by atoms with E-state index in [1.807, 2.05) is 13.0 Å². The van der Waals surface area contributed by atoms with Crippen LogP contribution in [0.3, 0.4) is 0 Å². The van der Waals surface area contributed by atoms with Gasteiger partial charge in [0.25, 0.3) is 0 Å². The molecule has 2 aromatic rings. The van der Waals surface area contributed by atoms with Crippen molar-refractivity contribution in [2.24, 2.45) is 0 Å². The molecule has 0 aromatic heterocycles. The molecule has 0 saturated heterocycles. The molecule has 0 spiro atoms. The maximum absolute atomic E-state index is 6.27. The van der Waals surface area contributed by atoms with E-state index in [0.717, 1.165) is 24.1 Å². The van der Waals surface area contributed by atoms with E-state index in [-0.39, 0.29) is 6.04 Å². The Labute approximate surface area is 141 Å². The molecule has 2 rings (SSSR count). The maximum Gasteiger partial charge on any atom is 0.0782 e. The molecule has 21 heavy (non-hydrogen) atoms. The van der Waals surface area contributed by atoms with Crippen molar-refractivity contribution in [2.75, 3.05) is 5.32 Å². The van der Waals surface area contributed by atoms with Crippen LogP contribution in [0.25, 0.3) is 0 Å². The molecule has 1 nitrogen and oxygen atoms in total. The van der Waals surface area contributed by atoms with Crippen LogP contribution in [0.4, 0.5) is 5.69 Å². The van der Waals surface area contributed by atoms with E-state index >= 15 is 0 Å². The average molecular weight is 343 g/mol. The van der Waals surface area contributed by atoms with Crippen LogP contribution in [0.1, 0.15) is 37.4 Å². The first-order valence-corrected chi connectivity index (χ1v) is 8.15. The minimum atomic E-state index is 0.0456. The van der Waals surface area contributed by atoms with E-state index in [2.05, 4.69) is 36.5 Å². The predicted molar refractivity (Wildman–Crippen MR) is 93.9 cm³/mol. The van der Waals surface area contributed by atoms with Crippen LogP contribution >= 0.6 is 34.8 Å². The van der Waals surface area contributed by atoms with Crippen LogP contribution in [0.2, 0.25) is 15.1 Å². The molecule has 1 N–H and O–H groups in total. The van der Waals surface area contributed by atoms with Crippen LogP contribution in [0, 0.1) is 0 Å². The van der Waals surface area contributed by atoms with Crippen molar-refractivity contribution in [2.45, 2.75) is 32.7 Å². The quantitative estimate of drug-likeness (QED) is 0.591. The molecule has 0 aliphatic carbocycles. The van der Waals surface area contributed by atoms with Gasteiger partial charge in [0.2, 0.25) is 0 Å². The van der Waals surface area contributed by atoms with Gasteiger partial charge in [0.15, 0.2) is 0 Å². The molecule has 4 heteroatoms.